The molecule has 4 atom stereocenters. The fourth-order valence-electron chi connectivity index (χ4n) is 4.48. The molecule has 0 aliphatic carbocycles. The van der Waals surface area contributed by atoms with E-state index in [1.807, 2.05) is 0 Å². The summed E-state index contributed by atoms with van der Waals surface area (Å²) in [6.45, 7) is 0. The van der Waals surface area contributed by atoms with E-state index in [-0.39, 0.29) is 11.5 Å². The molecule has 29 heavy (non-hydrogen) atoms. The molecule has 0 spiro atoms. The number of fused-ring (bicyclic) bond motifs is 3. The van der Waals surface area contributed by atoms with E-state index in [2.05, 4.69) is 5.10 Å². The highest BCUT2D eigenvalue weighted by Crippen LogP contribution is 2.46. The van der Waals surface area contributed by atoms with E-state index in [9.17, 15) is 18.8 Å². The number of carbonyl (C=O) groups excluding carboxylic acids is 3. The van der Waals surface area contributed by atoms with Crippen LogP contribution >= 0.6 is 0 Å². The van der Waals surface area contributed by atoms with Crippen molar-refractivity contribution >= 4 is 29.5 Å². The van der Waals surface area contributed by atoms with Gasteiger partial charge in [-0.05, 0) is 18.2 Å². The number of allylic oxidation sites excluding steroid dienone is 1. The second kappa shape index (κ2) is 6.48. The van der Waals surface area contributed by atoms with E-state index in [4.69, 9.17) is 0 Å². The molecule has 0 N–H and O–H groups in total. The summed E-state index contributed by atoms with van der Waals surface area (Å²) in [6, 6.07) is 12.8. The van der Waals surface area contributed by atoms with Crippen molar-refractivity contribution in [3.05, 3.63) is 78.1 Å². The highest BCUT2D eigenvalue weighted by atomic mass is 19.1. The van der Waals surface area contributed by atoms with Crippen LogP contribution in [-0.2, 0) is 9.59 Å². The Morgan fingerprint density at radius 2 is 1.62 bits per heavy atom. The number of rotatable bonds is 3. The van der Waals surface area contributed by atoms with Crippen LogP contribution in [0.1, 0.15) is 10.4 Å². The van der Waals surface area contributed by atoms with Gasteiger partial charge in [-0.3, -0.25) is 19.4 Å². The highest BCUT2D eigenvalue weighted by Gasteiger charge is 2.64. The number of halogens is 1. The van der Waals surface area contributed by atoms with Gasteiger partial charge in [-0.15, -0.1) is 0 Å². The lowest BCUT2D eigenvalue weighted by Gasteiger charge is -2.30. The lowest BCUT2D eigenvalue weighted by atomic mass is 9.86. The van der Waals surface area contributed by atoms with Crippen LogP contribution in [0, 0.1) is 17.7 Å². The molecular formula is C22H16FN3O3. The number of para-hydroxylation sites is 1. The van der Waals surface area contributed by atoms with E-state index >= 15 is 0 Å². The van der Waals surface area contributed by atoms with Gasteiger partial charge < -0.3 is 0 Å². The quantitative estimate of drug-likeness (QED) is 0.597. The first-order chi connectivity index (χ1) is 14.1. The van der Waals surface area contributed by atoms with Crippen molar-refractivity contribution < 1.29 is 18.8 Å². The van der Waals surface area contributed by atoms with Crippen LogP contribution < -0.4 is 4.90 Å². The number of anilines is 1. The molecule has 7 heteroatoms. The Bertz CT molecular complexity index is 1080. The number of carbonyl (C=O) groups is 3. The van der Waals surface area contributed by atoms with Gasteiger partial charge >= 0.3 is 0 Å². The zero-order valence-corrected chi connectivity index (χ0v) is 15.2. The van der Waals surface area contributed by atoms with E-state index in [0.717, 1.165) is 4.90 Å². The second-order valence-corrected chi connectivity index (χ2v) is 7.21. The van der Waals surface area contributed by atoms with Crippen molar-refractivity contribution in [2.45, 2.75) is 12.1 Å². The monoisotopic (exact) mass is 389 g/mol. The van der Waals surface area contributed by atoms with Crippen molar-refractivity contribution in [2.75, 3.05) is 4.90 Å². The standard InChI is InChI=1S/C22H16FN3O3/c23-14-9-4-5-10-15(14)25-21(28)17-16-11-6-12-24-26(16)19(18(17)22(25)29)20(27)13-7-2-1-3-8-13/h1-12,16-19H/t16?,17-,18-,19+/m0/s1. The fraction of sp³-hybridized carbons (Fsp3) is 0.182. The number of amides is 2. The molecule has 2 aromatic rings. The number of hydrazone groups is 1. The molecule has 0 radical (unpaired) electrons. The Morgan fingerprint density at radius 3 is 2.38 bits per heavy atom. The number of hydrogen-bond donors (Lipinski definition) is 0. The number of imide groups is 1. The molecule has 0 saturated carbocycles. The van der Waals surface area contributed by atoms with Crippen molar-refractivity contribution in [2.24, 2.45) is 16.9 Å². The lowest BCUT2D eigenvalue weighted by molar-refractivity contribution is -0.123. The van der Waals surface area contributed by atoms with Gasteiger partial charge in [0, 0.05) is 11.8 Å². The van der Waals surface area contributed by atoms with Crippen LogP contribution in [0.25, 0.3) is 0 Å². The van der Waals surface area contributed by atoms with Gasteiger partial charge in [0.15, 0.2) is 5.78 Å². The lowest BCUT2D eigenvalue weighted by Crippen LogP contribution is -2.46. The maximum absolute atomic E-state index is 14.4. The zero-order chi connectivity index (χ0) is 20.1. The minimum atomic E-state index is -0.931. The molecule has 3 aliphatic heterocycles. The first-order valence-corrected chi connectivity index (χ1v) is 9.30. The van der Waals surface area contributed by atoms with E-state index in [0.29, 0.717) is 5.56 Å². The average Bonchev–Trinajstić information content (AvgIpc) is 3.22. The fourth-order valence-corrected chi connectivity index (χ4v) is 4.48. The van der Waals surface area contributed by atoms with Gasteiger partial charge in [0.05, 0.1) is 23.6 Å². The highest BCUT2D eigenvalue weighted by molar-refractivity contribution is 6.24. The third-order valence-electron chi connectivity index (χ3n) is 5.71. The Balaban J connectivity index is 1.61. The molecule has 1 unspecified atom stereocenters. The Hall–Kier alpha value is -3.61. The Morgan fingerprint density at radius 1 is 0.931 bits per heavy atom. The molecule has 144 valence electrons. The molecule has 2 amide bonds. The van der Waals surface area contributed by atoms with Crippen LogP contribution in [-0.4, -0.2) is 40.9 Å². The number of nitrogens with zero attached hydrogens (tertiary/aromatic N) is 3. The third kappa shape index (κ3) is 2.47. The van der Waals surface area contributed by atoms with Crippen molar-refractivity contribution in [3.63, 3.8) is 0 Å². The van der Waals surface area contributed by atoms with Gasteiger partial charge in [-0.25, -0.2) is 9.29 Å². The molecule has 2 saturated heterocycles. The summed E-state index contributed by atoms with van der Waals surface area (Å²) >= 11 is 0. The summed E-state index contributed by atoms with van der Waals surface area (Å²) in [5.74, 6) is -3.75. The summed E-state index contributed by atoms with van der Waals surface area (Å²) in [7, 11) is 0. The average molecular weight is 389 g/mol. The normalized spacial score (nSPS) is 27.3. The molecule has 2 fully saturated rings. The van der Waals surface area contributed by atoms with Crippen molar-refractivity contribution in [3.8, 4) is 0 Å². The van der Waals surface area contributed by atoms with Gasteiger partial charge in [-0.1, -0.05) is 48.5 Å². The second-order valence-electron chi connectivity index (χ2n) is 7.21. The van der Waals surface area contributed by atoms with Crippen LogP contribution in [0.5, 0.6) is 0 Å². The van der Waals surface area contributed by atoms with Crippen molar-refractivity contribution in [1.29, 1.82) is 0 Å². The Labute approximate surface area is 165 Å². The Kier molecular flexibility index (Phi) is 3.91. The third-order valence-corrected chi connectivity index (χ3v) is 5.71. The molecule has 3 heterocycles. The van der Waals surface area contributed by atoms with Gasteiger partial charge in [0.1, 0.15) is 11.9 Å². The van der Waals surface area contributed by atoms with Crippen molar-refractivity contribution in [1.82, 2.24) is 5.01 Å². The van der Waals surface area contributed by atoms with Crippen LogP contribution in [0.2, 0.25) is 0 Å². The minimum Gasteiger partial charge on any atom is -0.292 e. The number of ketones is 1. The smallest absolute Gasteiger partial charge is 0.240 e. The largest absolute Gasteiger partial charge is 0.292 e. The summed E-state index contributed by atoms with van der Waals surface area (Å²) in [4.78, 5) is 40.7. The maximum atomic E-state index is 14.4. The predicted molar refractivity (Wildman–Crippen MR) is 104 cm³/mol. The topological polar surface area (TPSA) is 70.0 Å². The molecule has 5 rings (SSSR count). The van der Waals surface area contributed by atoms with Gasteiger partial charge in [0.2, 0.25) is 11.8 Å². The summed E-state index contributed by atoms with van der Waals surface area (Å²) in [5, 5.41) is 5.83. The van der Waals surface area contributed by atoms with Crippen LogP contribution in [0.3, 0.4) is 0 Å². The molecule has 0 aromatic heterocycles. The molecule has 6 nitrogen and oxygen atoms in total. The first kappa shape index (κ1) is 17.5. The summed E-state index contributed by atoms with van der Waals surface area (Å²) < 4.78 is 14.4. The number of Topliss-reactive ketones (excluding diaryl/α,β-unsaturated/α-hetero) is 1. The molecular weight excluding hydrogens is 373 g/mol. The predicted octanol–water partition coefficient (Wildman–Crippen LogP) is 2.42. The molecule has 0 bridgehead atoms. The molecule has 3 aliphatic rings. The first-order valence-electron chi connectivity index (χ1n) is 9.30. The van der Waals surface area contributed by atoms with E-state index < -0.39 is 41.6 Å². The maximum Gasteiger partial charge on any atom is 0.240 e. The summed E-state index contributed by atoms with van der Waals surface area (Å²) in [6.07, 6.45) is 4.99. The molecule has 2 aromatic carbocycles. The number of hydrogen-bond acceptors (Lipinski definition) is 5. The number of benzene rings is 2. The SMILES string of the molecule is O=C(c1ccccc1)[C@H]1[C@H]2C(=O)N(c3ccccc3F)C(=O)[C@H]2C2C=CC=NN21. The van der Waals surface area contributed by atoms with E-state index in [1.165, 1.54) is 24.4 Å². The van der Waals surface area contributed by atoms with Crippen LogP contribution in [0.4, 0.5) is 10.1 Å². The summed E-state index contributed by atoms with van der Waals surface area (Å²) in [5.41, 5.74) is 0.351. The minimum absolute atomic E-state index is 0.0855. The van der Waals surface area contributed by atoms with E-state index in [1.54, 1.807) is 53.6 Å². The van der Waals surface area contributed by atoms with Crippen LogP contribution in [0.15, 0.2) is 71.9 Å². The zero-order valence-electron chi connectivity index (χ0n) is 15.2. The van der Waals surface area contributed by atoms with Gasteiger partial charge in [0.25, 0.3) is 0 Å². The van der Waals surface area contributed by atoms with Gasteiger partial charge in [-0.2, -0.15) is 5.10 Å².